The molecule has 1 aliphatic heterocycles. The predicted molar refractivity (Wildman–Crippen MR) is 78.0 cm³/mol. The molecule has 1 N–H and O–H groups in total. The predicted octanol–water partition coefficient (Wildman–Crippen LogP) is 2.48. The van der Waals surface area contributed by atoms with Crippen LogP contribution in [-0.2, 0) is 12.8 Å². The third-order valence-corrected chi connectivity index (χ3v) is 3.87. The lowest BCUT2D eigenvalue weighted by molar-refractivity contribution is 0.183. The van der Waals surface area contributed by atoms with Crippen LogP contribution in [-0.4, -0.2) is 37.1 Å². The standard InChI is InChI=1S/C16H26N2/c1-3-4-15-5-7-16(8-6-15)13-14(2)18-11-9-17-10-12-18/h5-8,14,17H,3-4,9-13H2,1-2H3. The number of nitrogens with one attached hydrogen (secondary N) is 1. The molecule has 0 saturated carbocycles. The van der Waals surface area contributed by atoms with Gasteiger partial charge in [0.05, 0.1) is 0 Å². The van der Waals surface area contributed by atoms with E-state index in [0.29, 0.717) is 6.04 Å². The Bertz CT molecular complexity index is 339. The number of hydrogen-bond donors (Lipinski definition) is 1. The van der Waals surface area contributed by atoms with Gasteiger partial charge in [0.25, 0.3) is 0 Å². The summed E-state index contributed by atoms with van der Waals surface area (Å²) in [6.45, 7) is 9.25. The van der Waals surface area contributed by atoms with Gasteiger partial charge < -0.3 is 5.32 Å². The van der Waals surface area contributed by atoms with Crippen molar-refractivity contribution in [2.24, 2.45) is 0 Å². The molecule has 0 spiro atoms. The molecule has 1 aromatic rings. The van der Waals surface area contributed by atoms with Crippen LogP contribution in [0.25, 0.3) is 0 Å². The Morgan fingerprint density at radius 2 is 1.72 bits per heavy atom. The lowest BCUT2D eigenvalue weighted by Crippen LogP contribution is -2.48. The molecule has 2 nitrogen and oxygen atoms in total. The summed E-state index contributed by atoms with van der Waals surface area (Å²) in [4.78, 5) is 2.59. The Morgan fingerprint density at radius 3 is 2.33 bits per heavy atom. The minimum Gasteiger partial charge on any atom is -0.314 e. The highest BCUT2D eigenvalue weighted by atomic mass is 15.2. The zero-order valence-corrected chi connectivity index (χ0v) is 11.8. The van der Waals surface area contributed by atoms with Crippen molar-refractivity contribution in [3.05, 3.63) is 35.4 Å². The van der Waals surface area contributed by atoms with E-state index in [-0.39, 0.29) is 0 Å². The highest BCUT2D eigenvalue weighted by molar-refractivity contribution is 5.23. The van der Waals surface area contributed by atoms with Gasteiger partial charge in [-0.15, -0.1) is 0 Å². The van der Waals surface area contributed by atoms with Gasteiger partial charge in [0.2, 0.25) is 0 Å². The molecule has 0 radical (unpaired) electrons. The summed E-state index contributed by atoms with van der Waals surface area (Å²) < 4.78 is 0. The van der Waals surface area contributed by atoms with Crippen LogP contribution in [0.3, 0.4) is 0 Å². The molecule has 1 atom stereocenters. The van der Waals surface area contributed by atoms with E-state index >= 15 is 0 Å². The van der Waals surface area contributed by atoms with E-state index in [1.165, 1.54) is 43.5 Å². The molecule has 0 aliphatic carbocycles. The van der Waals surface area contributed by atoms with Crippen LogP contribution in [0.15, 0.2) is 24.3 Å². The lowest BCUT2D eigenvalue weighted by atomic mass is 10.0. The van der Waals surface area contributed by atoms with Gasteiger partial charge in [-0.3, -0.25) is 4.90 Å². The van der Waals surface area contributed by atoms with Gasteiger partial charge in [-0.25, -0.2) is 0 Å². The molecule has 1 unspecified atom stereocenters. The zero-order chi connectivity index (χ0) is 12.8. The normalized spacial score (nSPS) is 18.8. The van der Waals surface area contributed by atoms with Crippen LogP contribution in [0, 0.1) is 0 Å². The van der Waals surface area contributed by atoms with Gasteiger partial charge in [0, 0.05) is 32.2 Å². The highest BCUT2D eigenvalue weighted by Gasteiger charge is 2.16. The molecule has 0 aromatic heterocycles. The summed E-state index contributed by atoms with van der Waals surface area (Å²) in [6, 6.07) is 9.86. The fraction of sp³-hybridized carbons (Fsp3) is 0.625. The van der Waals surface area contributed by atoms with Crippen LogP contribution in [0.2, 0.25) is 0 Å². The van der Waals surface area contributed by atoms with Gasteiger partial charge in [-0.05, 0) is 30.9 Å². The summed E-state index contributed by atoms with van der Waals surface area (Å²) in [5.74, 6) is 0. The van der Waals surface area contributed by atoms with E-state index in [4.69, 9.17) is 0 Å². The average Bonchev–Trinajstić information content (AvgIpc) is 2.42. The van der Waals surface area contributed by atoms with Crippen molar-refractivity contribution in [3.8, 4) is 0 Å². The number of rotatable bonds is 5. The van der Waals surface area contributed by atoms with Gasteiger partial charge in [-0.1, -0.05) is 37.6 Å². The molecule has 1 aromatic carbocycles. The third kappa shape index (κ3) is 3.82. The van der Waals surface area contributed by atoms with Crippen molar-refractivity contribution < 1.29 is 0 Å². The SMILES string of the molecule is CCCc1ccc(CC(C)N2CCNCC2)cc1. The first-order chi connectivity index (χ1) is 8.79. The minimum atomic E-state index is 0.657. The molecule has 0 bridgehead atoms. The summed E-state index contributed by atoms with van der Waals surface area (Å²) >= 11 is 0. The minimum absolute atomic E-state index is 0.657. The molecule has 2 rings (SSSR count). The van der Waals surface area contributed by atoms with Crippen molar-refractivity contribution >= 4 is 0 Å². The van der Waals surface area contributed by atoms with Gasteiger partial charge in [-0.2, -0.15) is 0 Å². The maximum absolute atomic E-state index is 3.41. The Balaban J connectivity index is 1.87. The molecule has 0 amide bonds. The summed E-state index contributed by atoms with van der Waals surface area (Å²) in [5, 5.41) is 3.41. The van der Waals surface area contributed by atoms with Gasteiger partial charge in [0.1, 0.15) is 0 Å². The fourth-order valence-corrected chi connectivity index (χ4v) is 2.72. The third-order valence-electron chi connectivity index (χ3n) is 3.87. The Hall–Kier alpha value is -0.860. The number of hydrogen-bond acceptors (Lipinski definition) is 2. The lowest BCUT2D eigenvalue weighted by Gasteiger charge is -2.32. The molecule has 1 aliphatic rings. The first-order valence-corrected chi connectivity index (χ1v) is 7.32. The van der Waals surface area contributed by atoms with E-state index in [9.17, 15) is 0 Å². The zero-order valence-electron chi connectivity index (χ0n) is 11.8. The Kier molecular flexibility index (Phi) is 5.21. The smallest absolute Gasteiger partial charge is 0.0110 e. The average molecular weight is 246 g/mol. The highest BCUT2D eigenvalue weighted by Crippen LogP contribution is 2.12. The maximum Gasteiger partial charge on any atom is 0.0110 e. The number of nitrogens with zero attached hydrogens (tertiary/aromatic N) is 1. The summed E-state index contributed by atoms with van der Waals surface area (Å²) in [5.41, 5.74) is 2.94. The van der Waals surface area contributed by atoms with E-state index in [2.05, 4.69) is 48.3 Å². The summed E-state index contributed by atoms with van der Waals surface area (Å²) in [6.07, 6.45) is 3.61. The van der Waals surface area contributed by atoms with Crippen molar-refractivity contribution in [2.75, 3.05) is 26.2 Å². The van der Waals surface area contributed by atoms with Gasteiger partial charge in [0.15, 0.2) is 0 Å². The van der Waals surface area contributed by atoms with Crippen LogP contribution < -0.4 is 5.32 Å². The molecule has 1 fully saturated rings. The van der Waals surface area contributed by atoms with Crippen molar-refractivity contribution in [2.45, 2.75) is 39.2 Å². The Labute approximate surface area is 111 Å². The molecule has 100 valence electrons. The quantitative estimate of drug-likeness (QED) is 0.858. The maximum atomic E-state index is 3.41. The second-order valence-corrected chi connectivity index (χ2v) is 5.41. The Morgan fingerprint density at radius 1 is 1.11 bits per heavy atom. The summed E-state index contributed by atoms with van der Waals surface area (Å²) in [7, 11) is 0. The van der Waals surface area contributed by atoms with Crippen molar-refractivity contribution in [1.82, 2.24) is 10.2 Å². The van der Waals surface area contributed by atoms with E-state index in [0.717, 1.165) is 13.1 Å². The topological polar surface area (TPSA) is 15.3 Å². The molecule has 1 saturated heterocycles. The number of benzene rings is 1. The first-order valence-electron chi connectivity index (χ1n) is 7.32. The van der Waals surface area contributed by atoms with Crippen LogP contribution in [0.1, 0.15) is 31.4 Å². The van der Waals surface area contributed by atoms with Crippen LogP contribution in [0.5, 0.6) is 0 Å². The van der Waals surface area contributed by atoms with E-state index in [1.54, 1.807) is 0 Å². The molecule has 1 heterocycles. The fourth-order valence-electron chi connectivity index (χ4n) is 2.72. The monoisotopic (exact) mass is 246 g/mol. The molecule has 2 heteroatoms. The van der Waals surface area contributed by atoms with Crippen molar-refractivity contribution in [3.63, 3.8) is 0 Å². The van der Waals surface area contributed by atoms with Crippen LogP contribution in [0.4, 0.5) is 0 Å². The van der Waals surface area contributed by atoms with Crippen LogP contribution >= 0.6 is 0 Å². The van der Waals surface area contributed by atoms with E-state index < -0.39 is 0 Å². The number of aryl methyl sites for hydroxylation is 1. The second kappa shape index (κ2) is 6.91. The molecular weight excluding hydrogens is 220 g/mol. The van der Waals surface area contributed by atoms with Crippen molar-refractivity contribution in [1.29, 1.82) is 0 Å². The second-order valence-electron chi connectivity index (χ2n) is 5.41. The van der Waals surface area contributed by atoms with Gasteiger partial charge >= 0.3 is 0 Å². The molecular formula is C16H26N2. The number of piperazine rings is 1. The first kappa shape index (κ1) is 13.6. The largest absolute Gasteiger partial charge is 0.314 e. The molecule has 18 heavy (non-hydrogen) atoms. The van der Waals surface area contributed by atoms with E-state index in [1.807, 2.05) is 0 Å².